The Bertz CT molecular complexity index is 1110. The second-order valence-corrected chi connectivity index (χ2v) is 8.61. The van der Waals surface area contributed by atoms with Crippen LogP contribution >= 0.6 is 0 Å². The Labute approximate surface area is 195 Å². The normalized spacial score (nSPS) is 14.9. The average Bonchev–Trinajstić information content (AvgIpc) is 2.83. The zero-order chi connectivity index (χ0) is 23.4. The second kappa shape index (κ2) is 10.1. The summed E-state index contributed by atoms with van der Waals surface area (Å²) < 4.78 is 14.4. The van der Waals surface area contributed by atoms with E-state index in [0.717, 1.165) is 29.1 Å². The lowest BCUT2D eigenvalue weighted by Crippen LogP contribution is -2.50. The van der Waals surface area contributed by atoms with Gasteiger partial charge in [-0.15, -0.1) is 0 Å². The molecule has 0 saturated carbocycles. The lowest BCUT2D eigenvalue weighted by atomic mass is 9.94. The molecule has 172 valence electrons. The largest absolute Gasteiger partial charge is 0.353 e. The van der Waals surface area contributed by atoms with Crippen molar-refractivity contribution < 1.29 is 9.18 Å². The Morgan fingerprint density at radius 2 is 1.64 bits per heavy atom. The number of amides is 1. The van der Waals surface area contributed by atoms with Crippen LogP contribution < -0.4 is 4.90 Å². The third-order valence-corrected chi connectivity index (χ3v) is 6.43. The van der Waals surface area contributed by atoms with Crippen molar-refractivity contribution in [1.29, 1.82) is 0 Å². The topological polar surface area (TPSA) is 49.3 Å². The minimum atomic E-state index is -0.217. The molecular formula is C27H31FN4O. The maximum atomic E-state index is 14.4. The first kappa shape index (κ1) is 22.9. The maximum absolute atomic E-state index is 14.4. The van der Waals surface area contributed by atoms with Gasteiger partial charge in [-0.2, -0.15) is 0 Å². The number of nitrogens with zero attached hydrogens (tertiary/aromatic N) is 4. The van der Waals surface area contributed by atoms with E-state index in [-0.39, 0.29) is 17.6 Å². The maximum Gasteiger partial charge on any atom is 0.230 e. The number of hydrogen-bond acceptors (Lipinski definition) is 4. The molecule has 1 fully saturated rings. The lowest BCUT2D eigenvalue weighted by molar-refractivity contribution is -0.133. The molecule has 5 nitrogen and oxygen atoms in total. The molecule has 1 aliphatic rings. The van der Waals surface area contributed by atoms with Crippen LogP contribution in [0.4, 0.5) is 10.2 Å². The van der Waals surface area contributed by atoms with Crippen molar-refractivity contribution in [2.75, 3.05) is 31.1 Å². The number of aromatic nitrogens is 2. The summed E-state index contributed by atoms with van der Waals surface area (Å²) in [5.74, 6) is 1.41. The molecule has 3 aromatic rings. The number of carbonyl (C=O) groups excluding carboxylic acids is 1. The van der Waals surface area contributed by atoms with Crippen LogP contribution in [0.5, 0.6) is 0 Å². The first-order valence-corrected chi connectivity index (χ1v) is 11.6. The Kier molecular flexibility index (Phi) is 7.02. The molecule has 0 spiro atoms. The van der Waals surface area contributed by atoms with Crippen molar-refractivity contribution in [2.24, 2.45) is 0 Å². The highest BCUT2D eigenvalue weighted by Crippen LogP contribution is 2.27. The number of piperazine rings is 1. The van der Waals surface area contributed by atoms with Crippen LogP contribution in [-0.2, 0) is 11.2 Å². The minimum absolute atomic E-state index is 0.113. The van der Waals surface area contributed by atoms with E-state index in [9.17, 15) is 9.18 Å². The van der Waals surface area contributed by atoms with Gasteiger partial charge in [0.1, 0.15) is 17.5 Å². The SMILES string of the molecule is CC[C@@H](C(=O)N1CCN(c2nc(C)nc(C)c2Cc2ccccc2F)CC1)c1ccccc1. The van der Waals surface area contributed by atoms with Crippen molar-refractivity contribution in [3.05, 3.63) is 88.6 Å². The van der Waals surface area contributed by atoms with Gasteiger partial charge in [-0.1, -0.05) is 55.5 Å². The van der Waals surface area contributed by atoms with E-state index in [1.165, 1.54) is 6.07 Å². The van der Waals surface area contributed by atoms with E-state index in [1.807, 2.05) is 61.2 Å². The predicted molar refractivity (Wildman–Crippen MR) is 129 cm³/mol. The van der Waals surface area contributed by atoms with Crippen molar-refractivity contribution >= 4 is 11.7 Å². The van der Waals surface area contributed by atoms with Gasteiger partial charge in [0, 0.05) is 43.9 Å². The quantitative estimate of drug-likeness (QED) is 0.552. The number of halogens is 1. The van der Waals surface area contributed by atoms with Gasteiger partial charge < -0.3 is 9.80 Å². The summed E-state index contributed by atoms with van der Waals surface area (Å²) in [5.41, 5.74) is 3.52. The number of hydrogen-bond donors (Lipinski definition) is 0. The van der Waals surface area contributed by atoms with Gasteiger partial charge in [-0.25, -0.2) is 14.4 Å². The van der Waals surface area contributed by atoms with Gasteiger partial charge >= 0.3 is 0 Å². The molecule has 33 heavy (non-hydrogen) atoms. The fourth-order valence-corrected chi connectivity index (χ4v) is 4.62. The summed E-state index contributed by atoms with van der Waals surface area (Å²) in [6, 6.07) is 16.9. The van der Waals surface area contributed by atoms with Gasteiger partial charge in [0.05, 0.1) is 5.92 Å². The van der Waals surface area contributed by atoms with Crippen molar-refractivity contribution in [2.45, 2.75) is 39.5 Å². The molecule has 1 atom stereocenters. The lowest BCUT2D eigenvalue weighted by Gasteiger charge is -2.38. The molecule has 2 aromatic carbocycles. The van der Waals surface area contributed by atoms with Crippen LogP contribution in [0.1, 0.15) is 47.5 Å². The van der Waals surface area contributed by atoms with Gasteiger partial charge in [0.15, 0.2) is 0 Å². The van der Waals surface area contributed by atoms with Crippen LogP contribution in [0.15, 0.2) is 54.6 Å². The van der Waals surface area contributed by atoms with Crippen molar-refractivity contribution in [3.63, 3.8) is 0 Å². The van der Waals surface area contributed by atoms with Crippen LogP contribution in [0.25, 0.3) is 0 Å². The van der Waals surface area contributed by atoms with Gasteiger partial charge in [0.25, 0.3) is 0 Å². The highest BCUT2D eigenvalue weighted by molar-refractivity contribution is 5.84. The highest BCUT2D eigenvalue weighted by Gasteiger charge is 2.29. The van der Waals surface area contributed by atoms with Gasteiger partial charge in [-0.05, 0) is 37.5 Å². The molecule has 2 heterocycles. The van der Waals surface area contributed by atoms with E-state index < -0.39 is 0 Å². The number of anilines is 1. The molecule has 0 radical (unpaired) electrons. The molecule has 0 aliphatic carbocycles. The second-order valence-electron chi connectivity index (χ2n) is 8.61. The zero-order valence-corrected chi connectivity index (χ0v) is 19.6. The van der Waals surface area contributed by atoms with E-state index in [2.05, 4.69) is 16.8 Å². The molecule has 1 aromatic heterocycles. The minimum Gasteiger partial charge on any atom is -0.353 e. The number of carbonyl (C=O) groups is 1. The monoisotopic (exact) mass is 446 g/mol. The molecule has 4 rings (SSSR count). The van der Waals surface area contributed by atoms with Crippen LogP contribution in [-0.4, -0.2) is 47.0 Å². The molecule has 6 heteroatoms. The molecule has 0 N–H and O–H groups in total. The predicted octanol–water partition coefficient (Wildman–Crippen LogP) is 4.67. The van der Waals surface area contributed by atoms with E-state index in [0.29, 0.717) is 44.0 Å². The number of benzene rings is 2. The fraction of sp³-hybridized carbons (Fsp3) is 0.370. The Morgan fingerprint density at radius 1 is 0.970 bits per heavy atom. The smallest absolute Gasteiger partial charge is 0.230 e. The molecule has 1 amide bonds. The highest BCUT2D eigenvalue weighted by atomic mass is 19.1. The standard InChI is InChI=1S/C27H31FN4O/c1-4-23(21-10-6-5-7-11-21)27(33)32-16-14-31(15-17-32)26-24(19(2)29-20(3)30-26)18-22-12-8-9-13-25(22)28/h5-13,23H,4,14-18H2,1-3H3/t23-/m1/s1. The average molecular weight is 447 g/mol. The van der Waals surface area contributed by atoms with Crippen molar-refractivity contribution in [1.82, 2.24) is 14.9 Å². The van der Waals surface area contributed by atoms with Crippen molar-refractivity contribution in [3.8, 4) is 0 Å². The Morgan fingerprint density at radius 3 is 2.30 bits per heavy atom. The summed E-state index contributed by atoms with van der Waals surface area (Å²) in [7, 11) is 0. The van der Waals surface area contributed by atoms with E-state index >= 15 is 0 Å². The first-order valence-electron chi connectivity index (χ1n) is 11.6. The Hall–Kier alpha value is -3.28. The number of rotatable bonds is 6. The number of aryl methyl sites for hydroxylation is 2. The van der Waals surface area contributed by atoms with Gasteiger partial charge in [-0.3, -0.25) is 4.79 Å². The summed E-state index contributed by atoms with van der Waals surface area (Å²) in [6.07, 6.45) is 1.22. The fourth-order valence-electron chi connectivity index (χ4n) is 4.62. The molecule has 0 bridgehead atoms. The summed E-state index contributed by atoms with van der Waals surface area (Å²) in [5, 5.41) is 0. The summed E-state index contributed by atoms with van der Waals surface area (Å²) >= 11 is 0. The summed E-state index contributed by atoms with van der Waals surface area (Å²) in [6.45, 7) is 8.57. The molecular weight excluding hydrogens is 415 g/mol. The molecule has 0 unspecified atom stereocenters. The van der Waals surface area contributed by atoms with Gasteiger partial charge in [0.2, 0.25) is 5.91 Å². The molecule has 1 saturated heterocycles. The first-order chi connectivity index (χ1) is 16.0. The third kappa shape index (κ3) is 5.05. The van der Waals surface area contributed by atoms with Crippen LogP contribution in [0, 0.1) is 19.7 Å². The molecule has 1 aliphatic heterocycles. The Balaban J connectivity index is 1.52. The summed E-state index contributed by atoms with van der Waals surface area (Å²) in [4.78, 5) is 26.7. The van der Waals surface area contributed by atoms with Crippen LogP contribution in [0.2, 0.25) is 0 Å². The van der Waals surface area contributed by atoms with Crippen LogP contribution in [0.3, 0.4) is 0 Å². The van der Waals surface area contributed by atoms with E-state index in [4.69, 9.17) is 4.98 Å². The zero-order valence-electron chi connectivity index (χ0n) is 19.6. The third-order valence-electron chi connectivity index (χ3n) is 6.43. The van der Waals surface area contributed by atoms with E-state index in [1.54, 1.807) is 6.07 Å².